The Bertz CT molecular complexity index is 543. The van der Waals surface area contributed by atoms with Gasteiger partial charge < -0.3 is 5.11 Å². The summed E-state index contributed by atoms with van der Waals surface area (Å²) < 4.78 is 0. The lowest BCUT2D eigenvalue weighted by molar-refractivity contribution is 0.199. The summed E-state index contributed by atoms with van der Waals surface area (Å²) in [6.45, 7) is 7.99. The van der Waals surface area contributed by atoms with Crippen molar-refractivity contribution in [1.29, 1.82) is 0 Å². The van der Waals surface area contributed by atoms with Gasteiger partial charge in [-0.2, -0.15) is 0 Å². The summed E-state index contributed by atoms with van der Waals surface area (Å²) in [4.78, 5) is 5.71. The molecule has 0 saturated carbocycles. The molecule has 0 aliphatic rings. The first-order valence-electron chi connectivity index (χ1n) is 5.72. The van der Waals surface area contributed by atoms with Crippen LogP contribution in [0, 0.1) is 20.8 Å². The number of aliphatic hydroxyl groups is 1. The monoisotopic (exact) mass is 247 g/mol. The van der Waals surface area contributed by atoms with Gasteiger partial charge in [0.15, 0.2) is 0 Å². The lowest BCUT2D eigenvalue weighted by Gasteiger charge is -2.05. The Morgan fingerprint density at radius 3 is 2.53 bits per heavy atom. The van der Waals surface area contributed by atoms with Crippen molar-refractivity contribution in [1.82, 2.24) is 4.98 Å². The van der Waals surface area contributed by atoms with Crippen molar-refractivity contribution >= 4 is 11.3 Å². The second kappa shape index (κ2) is 4.59. The topological polar surface area (TPSA) is 33.1 Å². The van der Waals surface area contributed by atoms with E-state index >= 15 is 0 Å². The Kier molecular flexibility index (Phi) is 3.31. The van der Waals surface area contributed by atoms with Crippen LogP contribution in [0.1, 0.15) is 34.0 Å². The normalized spacial score (nSPS) is 12.8. The third-order valence-corrected chi connectivity index (χ3v) is 3.96. The first-order valence-corrected chi connectivity index (χ1v) is 6.53. The third kappa shape index (κ3) is 2.40. The first kappa shape index (κ1) is 12.3. The summed E-state index contributed by atoms with van der Waals surface area (Å²) in [6, 6.07) is 6.38. The number of benzene rings is 1. The molecule has 0 aliphatic carbocycles. The lowest BCUT2D eigenvalue weighted by atomic mass is 10.0. The standard InChI is InChI=1S/C14H17NOS/c1-8-5-6-9(2)12(7-8)13-11(4)17-14(15-13)10(3)16/h5-7,10,16H,1-4H3. The Morgan fingerprint density at radius 1 is 1.24 bits per heavy atom. The zero-order chi connectivity index (χ0) is 12.6. The number of aliphatic hydroxyl groups excluding tert-OH is 1. The van der Waals surface area contributed by atoms with E-state index in [1.165, 1.54) is 16.7 Å². The van der Waals surface area contributed by atoms with E-state index < -0.39 is 6.10 Å². The van der Waals surface area contributed by atoms with Crippen molar-refractivity contribution in [3.63, 3.8) is 0 Å². The summed E-state index contributed by atoms with van der Waals surface area (Å²) in [5.41, 5.74) is 4.63. The molecule has 0 aliphatic heterocycles. The van der Waals surface area contributed by atoms with Crippen LogP contribution >= 0.6 is 11.3 Å². The average molecular weight is 247 g/mol. The average Bonchev–Trinajstić information content (AvgIpc) is 2.64. The maximum atomic E-state index is 9.58. The van der Waals surface area contributed by atoms with E-state index in [1.807, 2.05) is 0 Å². The van der Waals surface area contributed by atoms with Gasteiger partial charge in [-0.1, -0.05) is 17.7 Å². The Hall–Kier alpha value is -1.19. The van der Waals surface area contributed by atoms with Crippen LogP contribution in [0.15, 0.2) is 18.2 Å². The molecular weight excluding hydrogens is 230 g/mol. The molecule has 1 heterocycles. The zero-order valence-electron chi connectivity index (χ0n) is 10.6. The number of rotatable bonds is 2. The molecular formula is C14H17NOS. The van der Waals surface area contributed by atoms with Gasteiger partial charge in [0.1, 0.15) is 11.1 Å². The highest BCUT2D eigenvalue weighted by Gasteiger charge is 2.14. The molecule has 1 atom stereocenters. The number of aromatic nitrogens is 1. The van der Waals surface area contributed by atoms with E-state index in [2.05, 4.69) is 44.0 Å². The minimum Gasteiger partial charge on any atom is -0.386 e. The number of aryl methyl sites for hydroxylation is 3. The van der Waals surface area contributed by atoms with E-state index in [9.17, 15) is 5.11 Å². The highest BCUT2D eigenvalue weighted by Crippen LogP contribution is 2.32. The molecule has 90 valence electrons. The van der Waals surface area contributed by atoms with Crippen molar-refractivity contribution in [2.45, 2.75) is 33.8 Å². The molecule has 17 heavy (non-hydrogen) atoms. The van der Waals surface area contributed by atoms with E-state index in [0.29, 0.717) is 0 Å². The third-order valence-electron chi connectivity index (χ3n) is 2.82. The molecule has 1 aromatic heterocycles. The van der Waals surface area contributed by atoms with Gasteiger partial charge >= 0.3 is 0 Å². The molecule has 0 fully saturated rings. The molecule has 2 rings (SSSR count). The molecule has 0 amide bonds. The Labute approximate surface area is 106 Å². The number of thiazole rings is 1. The van der Waals surface area contributed by atoms with Gasteiger partial charge in [0.2, 0.25) is 0 Å². The highest BCUT2D eigenvalue weighted by molar-refractivity contribution is 7.12. The molecule has 0 saturated heterocycles. The summed E-state index contributed by atoms with van der Waals surface area (Å²) in [6.07, 6.45) is -0.488. The summed E-state index contributed by atoms with van der Waals surface area (Å²) in [5, 5.41) is 10.4. The van der Waals surface area contributed by atoms with Gasteiger partial charge in [0.25, 0.3) is 0 Å². The maximum Gasteiger partial charge on any atom is 0.122 e. The van der Waals surface area contributed by atoms with Gasteiger partial charge in [0.05, 0.1) is 5.69 Å². The molecule has 2 nitrogen and oxygen atoms in total. The van der Waals surface area contributed by atoms with Crippen LogP contribution in [0.2, 0.25) is 0 Å². The van der Waals surface area contributed by atoms with Crippen molar-refractivity contribution in [2.75, 3.05) is 0 Å². The van der Waals surface area contributed by atoms with Crippen molar-refractivity contribution in [3.8, 4) is 11.3 Å². The predicted octanol–water partition coefficient (Wildman–Crippen LogP) is 3.79. The van der Waals surface area contributed by atoms with E-state index in [0.717, 1.165) is 15.6 Å². The second-order valence-corrected chi connectivity index (χ2v) is 5.69. The van der Waals surface area contributed by atoms with Gasteiger partial charge in [-0.05, 0) is 39.3 Å². The predicted molar refractivity (Wildman–Crippen MR) is 72.4 cm³/mol. The molecule has 1 unspecified atom stereocenters. The van der Waals surface area contributed by atoms with Crippen LogP contribution in [0.5, 0.6) is 0 Å². The summed E-state index contributed by atoms with van der Waals surface area (Å²) in [7, 11) is 0. The summed E-state index contributed by atoms with van der Waals surface area (Å²) in [5.74, 6) is 0. The van der Waals surface area contributed by atoms with Gasteiger partial charge in [0, 0.05) is 10.4 Å². The van der Waals surface area contributed by atoms with Crippen molar-refractivity contribution in [3.05, 3.63) is 39.2 Å². The number of hydrogen-bond donors (Lipinski definition) is 1. The van der Waals surface area contributed by atoms with Crippen LogP contribution in [0.4, 0.5) is 0 Å². The fourth-order valence-electron chi connectivity index (χ4n) is 1.84. The smallest absolute Gasteiger partial charge is 0.122 e. The molecule has 2 aromatic rings. The zero-order valence-corrected chi connectivity index (χ0v) is 11.4. The molecule has 0 bridgehead atoms. The largest absolute Gasteiger partial charge is 0.386 e. The van der Waals surface area contributed by atoms with Crippen LogP contribution in [-0.4, -0.2) is 10.1 Å². The van der Waals surface area contributed by atoms with Gasteiger partial charge in [-0.15, -0.1) is 11.3 Å². The Morgan fingerprint density at radius 2 is 1.94 bits per heavy atom. The van der Waals surface area contributed by atoms with Crippen LogP contribution < -0.4 is 0 Å². The quantitative estimate of drug-likeness (QED) is 0.876. The molecule has 0 spiro atoms. The Balaban J connectivity index is 2.56. The molecule has 1 N–H and O–H groups in total. The van der Waals surface area contributed by atoms with Gasteiger partial charge in [-0.25, -0.2) is 4.98 Å². The molecule has 0 radical (unpaired) electrons. The lowest BCUT2D eigenvalue weighted by Crippen LogP contribution is -1.91. The number of hydrogen-bond acceptors (Lipinski definition) is 3. The van der Waals surface area contributed by atoms with Crippen molar-refractivity contribution < 1.29 is 5.11 Å². The molecule has 1 aromatic carbocycles. The fraction of sp³-hybridized carbons (Fsp3) is 0.357. The highest BCUT2D eigenvalue weighted by atomic mass is 32.1. The molecule has 3 heteroatoms. The van der Waals surface area contributed by atoms with Crippen LogP contribution in [-0.2, 0) is 0 Å². The van der Waals surface area contributed by atoms with E-state index in [4.69, 9.17) is 0 Å². The number of nitrogens with zero attached hydrogens (tertiary/aromatic N) is 1. The SMILES string of the molecule is Cc1ccc(C)c(-c2nc(C(C)O)sc2C)c1. The van der Waals surface area contributed by atoms with Crippen molar-refractivity contribution in [2.24, 2.45) is 0 Å². The first-order chi connectivity index (χ1) is 7.99. The van der Waals surface area contributed by atoms with Gasteiger partial charge in [-0.3, -0.25) is 0 Å². The van der Waals surface area contributed by atoms with Crippen LogP contribution in [0.3, 0.4) is 0 Å². The minimum absolute atomic E-state index is 0.488. The van der Waals surface area contributed by atoms with E-state index in [-0.39, 0.29) is 0 Å². The second-order valence-electron chi connectivity index (χ2n) is 4.45. The fourth-order valence-corrected chi connectivity index (χ4v) is 2.71. The maximum absolute atomic E-state index is 9.58. The van der Waals surface area contributed by atoms with E-state index in [1.54, 1.807) is 18.3 Å². The summed E-state index contributed by atoms with van der Waals surface area (Å²) >= 11 is 1.57. The minimum atomic E-state index is -0.488. The van der Waals surface area contributed by atoms with Crippen LogP contribution in [0.25, 0.3) is 11.3 Å².